The fourth-order valence-electron chi connectivity index (χ4n) is 9.04. The van der Waals surface area contributed by atoms with Gasteiger partial charge in [0.2, 0.25) is 0 Å². The Morgan fingerprint density at radius 3 is 1.37 bits per heavy atom. The van der Waals surface area contributed by atoms with Crippen LogP contribution >= 0.6 is 0 Å². The second-order valence-electron chi connectivity index (χ2n) is 14.8. The van der Waals surface area contributed by atoms with Crippen LogP contribution in [0.3, 0.4) is 0 Å². The van der Waals surface area contributed by atoms with Gasteiger partial charge in [-0.3, -0.25) is 0 Å². The van der Waals surface area contributed by atoms with Crippen molar-refractivity contribution in [2.75, 3.05) is 0 Å². The van der Waals surface area contributed by atoms with Crippen LogP contribution in [-0.4, -0.2) is 9.97 Å². The molecule has 0 saturated heterocycles. The average Bonchev–Trinajstić information content (AvgIpc) is 3.53. The molecule has 1 fully saturated rings. The van der Waals surface area contributed by atoms with Gasteiger partial charge in [-0.1, -0.05) is 195 Å². The second-order valence-corrected chi connectivity index (χ2v) is 14.8. The normalized spacial score (nSPS) is 14.1. The molecular formula is C52H40N2. The Kier molecular flexibility index (Phi) is 8.10. The highest BCUT2D eigenvalue weighted by Crippen LogP contribution is 2.57. The molecule has 0 N–H and O–H groups in total. The lowest BCUT2D eigenvalue weighted by Gasteiger charge is -2.36. The molecule has 7 aromatic carbocycles. The molecule has 0 unspecified atom stereocenters. The van der Waals surface area contributed by atoms with Crippen LogP contribution in [0.5, 0.6) is 0 Å². The smallest absolute Gasteiger partial charge is 0.160 e. The van der Waals surface area contributed by atoms with Crippen LogP contribution in [0.15, 0.2) is 182 Å². The van der Waals surface area contributed by atoms with Crippen molar-refractivity contribution in [2.45, 2.75) is 37.5 Å². The van der Waals surface area contributed by atoms with E-state index < -0.39 is 0 Å². The van der Waals surface area contributed by atoms with E-state index >= 15 is 0 Å². The van der Waals surface area contributed by atoms with Crippen molar-refractivity contribution >= 4 is 0 Å². The van der Waals surface area contributed by atoms with Crippen molar-refractivity contribution in [1.82, 2.24) is 9.97 Å². The van der Waals surface area contributed by atoms with Crippen molar-refractivity contribution in [3.8, 4) is 78.4 Å². The molecule has 0 amide bonds. The van der Waals surface area contributed by atoms with Crippen LogP contribution < -0.4 is 0 Å². The zero-order chi connectivity index (χ0) is 35.9. The molecule has 8 aromatic rings. The molecule has 2 heteroatoms. The standard InChI is InChI=1S/C52H40N2/c1-4-13-36(14-5-1)37-23-29-41(30-24-37)48-35-49(54-51(53-48)43-15-6-2-7-16-43)42-31-25-39(26-32-42)38-21-27-40(28-22-38)44-18-12-20-47-50(44)45-17-8-9-19-46(45)52(47)33-10-3-11-34-52/h1-2,4-9,12-32,35H,3,10-11,33-34H2. The molecule has 1 aromatic heterocycles. The molecule has 0 radical (unpaired) electrons. The average molecular weight is 693 g/mol. The fraction of sp³-hybridized carbons (Fsp3) is 0.115. The summed E-state index contributed by atoms with van der Waals surface area (Å²) in [6.07, 6.45) is 6.46. The maximum absolute atomic E-state index is 5.08. The Labute approximate surface area is 317 Å². The molecular weight excluding hydrogens is 653 g/mol. The topological polar surface area (TPSA) is 25.8 Å². The summed E-state index contributed by atoms with van der Waals surface area (Å²) in [5, 5.41) is 0. The first kappa shape index (κ1) is 32.3. The highest BCUT2D eigenvalue weighted by Gasteiger charge is 2.44. The molecule has 1 saturated carbocycles. The summed E-state index contributed by atoms with van der Waals surface area (Å²) in [5.41, 5.74) is 18.4. The fourth-order valence-corrected chi connectivity index (χ4v) is 9.04. The summed E-state index contributed by atoms with van der Waals surface area (Å²) in [7, 11) is 0. The third kappa shape index (κ3) is 5.67. The number of nitrogens with zero attached hydrogens (tertiary/aromatic N) is 2. The Balaban J connectivity index is 0.965. The lowest BCUT2D eigenvalue weighted by molar-refractivity contribution is 0.353. The minimum Gasteiger partial charge on any atom is -0.228 e. The van der Waals surface area contributed by atoms with Crippen LogP contribution in [0.2, 0.25) is 0 Å². The van der Waals surface area contributed by atoms with Gasteiger partial charge in [-0.25, -0.2) is 9.97 Å². The largest absolute Gasteiger partial charge is 0.228 e. The zero-order valence-electron chi connectivity index (χ0n) is 30.3. The number of rotatable bonds is 6. The van der Waals surface area contributed by atoms with Gasteiger partial charge >= 0.3 is 0 Å². The summed E-state index contributed by atoms with van der Waals surface area (Å²) in [4.78, 5) is 10.1. The molecule has 258 valence electrons. The number of aromatic nitrogens is 2. The Morgan fingerprint density at radius 1 is 0.333 bits per heavy atom. The first-order chi connectivity index (χ1) is 26.7. The van der Waals surface area contributed by atoms with E-state index in [4.69, 9.17) is 9.97 Å². The third-order valence-corrected chi connectivity index (χ3v) is 11.8. The van der Waals surface area contributed by atoms with Gasteiger partial charge in [0.1, 0.15) is 0 Å². The molecule has 2 nitrogen and oxygen atoms in total. The van der Waals surface area contributed by atoms with Gasteiger partial charge in [0, 0.05) is 22.1 Å². The predicted octanol–water partition coefficient (Wildman–Crippen LogP) is 13.7. The molecule has 0 aliphatic heterocycles. The number of benzene rings is 7. The molecule has 54 heavy (non-hydrogen) atoms. The summed E-state index contributed by atoms with van der Waals surface area (Å²) in [6.45, 7) is 0. The monoisotopic (exact) mass is 692 g/mol. The maximum atomic E-state index is 5.08. The molecule has 0 atom stereocenters. The van der Waals surface area contributed by atoms with Crippen LogP contribution in [0, 0.1) is 0 Å². The second kappa shape index (κ2) is 13.5. The maximum Gasteiger partial charge on any atom is 0.160 e. The number of hydrogen-bond donors (Lipinski definition) is 0. The molecule has 0 bridgehead atoms. The number of fused-ring (bicyclic) bond motifs is 5. The lowest BCUT2D eigenvalue weighted by atomic mass is 9.68. The van der Waals surface area contributed by atoms with E-state index in [2.05, 4.69) is 158 Å². The molecule has 1 heterocycles. The Morgan fingerprint density at radius 2 is 0.778 bits per heavy atom. The Hall–Kier alpha value is -6.38. The lowest BCUT2D eigenvalue weighted by Crippen LogP contribution is -2.27. The van der Waals surface area contributed by atoms with Gasteiger partial charge in [-0.05, 0) is 74.5 Å². The summed E-state index contributed by atoms with van der Waals surface area (Å²) < 4.78 is 0. The van der Waals surface area contributed by atoms with Gasteiger partial charge in [0.25, 0.3) is 0 Å². The van der Waals surface area contributed by atoms with Crippen molar-refractivity contribution in [3.63, 3.8) is 0 Å². The quantitative estimate of drug-likeness (QED) is 0.173. The van der Waals surface area contributed by atoms with E-state index in [1.54, 1.807) is 0 Å². The van der Waals surface area contributed by atoms with Crippen LogP contribution in [-0.2, 0) is 5.41 Å². The van der Waals surface area contributed by atoms with Gasteiger partial charge < -0.3 is 0 Å². The van der Waals surface area contributed by atoms with E-state index in [1.165, 1.54) is 87.7 Å². The van der Waals surface area contributed by atoms with Crippen molar-refractivity contribution < 1.29 is 0 Å². The highest BCUT2D eigenvalue weighted by molar-refractivity contribution is 5.93. The van der Waals surface area contributed by atoms with E-state index in [1.807, 2.05) is 24.3 Å². The highest BCUT2D eigenvalue weighted by atomic mass is 14.9. The molecule has 1 spiro atoms. The first-order valence-electron chi connectivity index (χ1n) is 19.3. The van der Waals surface area contributed by atoms with Crippen LogP contribution in [0.4, 0.5) is 0 Å². The first-order valence-corrected chi connectivity index (χ1v) is 19.3. The van der Waals surface area contributed by atoms with Crippen molar-refractivity contribution in [2.24, 2.45) is 0 Å². The zero-order valence-corrected chi connectivity index (χ0v) is 30.3. The third-order valence-electron chi connectivity index (χ3n) is 11.8. The van der Waals surface area contributed by atoms with Gasteiger partial charge in [-0.15, -0.1) is 0 Å². The van der Waals surface area contributed by atoms with E-state index in [0.717, 1.165) is 33.9 Å². The van der Waals surface area contributed by atoms with E-state index in [0.29, 0.717) is 0 Å². The van der Waals surface area contributed by atoms with E-state index in [-0.39, 0.29) is 5.41 Å². The van der Waals surface area contributed by atoms with Gasteiger partial charge in [-0.2, -0.15) is 0 Å². The minimum atomic E-state index is 0.168. The molecule has 2 aliphatic carbocycles. The SMILES string of the molecule is c1ccc(-c2ccc(-c3cc(-c4ccc(-c5ccc(-c6cccc7c6-c6ccccc6C76CCCCC6)cc5)cc4)nc(-c4ccccc4)n3)cc2)cc1. The minimum absolute atomic E-state index is 0.168. The van der Waals surface area contributed by atoms with Crippen molar-refractivity contribution in [1.29, 1.82) is 0 Å². The van der Waals surface area contributed by atoms with Crippen LogP contribution in [0.25, 0.3) is 78.4 Å². The predicted molar refractivity (Wildman–Crippen MR) is 224 cm³/mol. The summed E-state index contributed by atoms with van der Waals surface area (Å²) in [5.74, 6) is 0.722. The van der Waals surface area contributed by atoms with Gasteiger partial charge in [0.15, 0.2) is 5.82 Å². The Bertz CT molecular complexity index is 2580. The molecule has 2 aliphatic rings. The van der Waals surface area contributed by atoms with Gasteiger partial charge in [0.05, 0.1) is 11.4 Å². The number of hydrogen-bond acceptors (Lipinski definition) is 2. The molecule has 10 rings (SSSR count). The summed E-state index contributed by atoms with van der Waals surface area (Å²) >= 11 is 0. The summed E-state index contributed by atoms with van der Waals surface area (Å²) in [6, 6.07) is 65.7. The van der Waals surface area contributed by atoms with Crippen LogP contribution in [0.1, 0.15) is 43.2 Å². The van der Waals surface area contributed by atoms with E-state index in [9.17, 15) is 0 Å². The van der Waals surface area contributed by atoms with Crippen molar-refractivity contribution in [3.05, 3.63) is 193 Å².